The highest BCUT2D eigenvalue weighted by atomic mass is 79.9. The van der Waals surface area contributed by atoms with Gasteiger partial charge in [-0.1, -0.05) is 29.8 Å². The molecular formula is C15H8BrClFNO. The number of allylic oxidation sites excluding steroid dienone is 1. The average molecular weight is 353 g/mol. The molecule has 0 aliphatic carbocycles. The molecule has 2 aromatic carbocycles. The monoisotopic (exact) mass is 351 g/mol. The van der Waals surface area contributed by atoms with Crippen molar-refractivity contribution in [3.05, 3.63) is 62.8 Å². The van der Waals surface area contributed by atoms with Crippen molar-refractivity contribution in [2.75, 3.05) is 0 Å². The number of aromatic hydroxyl groups is 1. The second-order valence-corrected chi connectivity index (χ2v) is 5.24. The molecule has 0 atom stereocenters. The normalized spacial score (nSPS) is 11.2. The minimum absolute atomic E-state index is 0.0757. The van der Waals surface area contributed by atoms with E-state index in [0.717, 1.165) is 0 Å². The second-order valence-electron chi connectivity index (χ2n) is 3.98. The first-order chi connectivity index (χ1) is 9.52. The Labute approximate surface area is 128 Å². The first-order valence-electron chi connectivity index (χ1n) is 5.57. The van der Waals surface area contributed by atoms with Gasteiger partial charge in [-0.2, -0.15) is 5.26 Å². The number of phenolic OH excluding ortho intramolecular Hbond substituents is 1. The summed E-state index contributed by atoms with van der Waals surface area (Å²) in [6, 6.07) is 11.1. The van der Waals surface area contributed by atoms with Gasteiger partial charge in [0.1, 0.15) is 11.6 Å². The zero-order chi connectivity index (χ0) is 14.7. The zero-order valence-electron chi connectivity index (χ0n) is 10.1. The molecule has 0 saturated heterocycles. The summed E-state index contributed by atoms with van der Waals surface area (Å²) in [6.07, 6.45) is 1.51. The van der Waals surface area contributed by atoms with Crippen molar-refractivity contribution < 1.29 is 9.50 Å². The maximum atomic E-state index is 13.7. The fourth-order valence-electron chi connectivity index (χ4n) is 1.69. The molecule has 0 amide bonds. The number of hydrogen-bond donors (Lipinski definition) is 1. The Kier molecular flexibility index (Phi) is 4.43. The Hall–Kier alpha value is -1.83. The summed E-state index contributed by atoms with van der Waals surface area (Å²) in [5.74, 6) is -0.544. The Morgan fingerprint density at radius 1 is 1.35 bits per heavy atom. The molecule has 0 fully saturated rings. The quantitative estimate of drug-likeness (QED) is 0.610. The van der Waals surface area contributed by atoms with Gasteiger partial charge in [0.05, 0.1) is 21.1 Å². The SMILES string of the molecule is N#C/C(=C/c1cc(Cl)c(O)c(Br)c1)c1ccccc1F. The predicted octanol–water partition coefficient (Wildman–Crippen LogP) is 5.01. The van der Waals surface area contributed by atoms with Crippen LogP contribution in [0.25, 0.3) is 11.6 Å². The maximum Gasteiger partial charge on any atom is 0.148 e. The summed E-state index contributed by atoms with van der Waals surface area (Å²) in [7, 11) is 0. The van der Waals surface area contributed by atoms with Crippen molar-refractivity contribution >= 4 is 39.2 Å². The molecule has 1 N–H and O–H groups in total. The van der Waals surface area contributed by atoms with Crippen LogP contribution in [0, 0.1) is 17.1 Å². The van der Waals surface area contributed by atoms with E-state index in [9.17, 15) is 14.8 Å². The molecule has 0 unspecified atom stereocenters. The van der Waals surface area contributed by atoms with Gasteiger partial charge in [-0.15, -0.1) is 0 Å². The molecule has 0 spiro atoms. The average Bonchev–Trinajstić information content (AvgIpc) is 2.43. The Bertz CT molecular complexity index is 714. The standard InChI is InChI=1S/C15H8BrClFNO/c16-12-6-9(7-13(17)15(12)20)5-10(8-19)11-3-1-2-4-14(11)18/h1-7,20H/b10-5-. The molecule has 20 heavy (non-hydrogen) atoms. The smallest absolute Gasteiger partial charge is 0.148 e. The summed E-state index contributed by atoms with van der Waals surface area (Å²) in [5, 5.41) is 18.9. The van der Waals surface area contributed by atoms with Gasteiger partial charge in [0, 0.05) is 5.56 Å². The van der Waals surface area contributed by atoms with Crippen molar-refractivity contribution in [2.45, 2.75) is 0 Å². The van der Waals surface area contributed by atoms with Crippen LogP contribution in [0.2, 0.25) is 5.02 Å². The number of hydrogen-bond acceptors (Lipinski definition) is 2. The van der Waals surface area contributed by atoms with Gasteiger partial charge in [-0.25, -0.2) is 4.39 Å². The van der Waals surface area contributed by atoms with Crippen molar-refractivity contribution in [3.63, 3.8) is 0 Å². The molecule has 100 valence electrons. The lowest BCUT2D eigenvalue weighted by atomic mass is 10.0. The molecule has 2 aromatic rings. The highest BCUT2D eigenvalue weighted by Crippen LogP contribution is 2.34. The lowest BCUT2D eigenvalue weighted by molar-refractivity contribution is 0.472. The Morgan fingerprint density at radius 2 is 2.05 bits per heavy atom. The molecule has 0 bridgehead atoms. The van der Waals surface area contributed by atoms with Gasteiger partial charge in [0.2, 0.25) is 0 Å². The van der Waals surface area contributed by atoms with Crippen molar-refractivity contribution in [1.29, 1.82) is 5.26 Å². The largest absolute Gasteiger partial charge is 0.505 e. The van der Waals surface area contributed by atoms with Crippen LogP contribution >= 0.6 is 27.5 Å². The number of benzene rings is 2. The van der Waals surface area contributed by atoms with E-state index in [1.165, 1.54) is 24.3 Å². The molecule has 2 rings (SSSR count). The van der Waals surface area contributed by atoms with Crippen molar-refractivity contribution in [2.24, 2.45) is 0 Å². The molecule has 0 saturated carbocycles. The van der Waals surface area contributed by atoms with E-state index >= 15 is 0 Å². The molecule has 5 heteroatoms. The van der Waals surface area contributed by atoms with Crippen LogP contribution in [-0.4, -0.2) is 5.11 Å². The van der Waals surface area contributed by atoms with E-state index in [2.05, 4.69) is 15.9 Å². The summed E-state index contributed by atoms with van der Waals surface area (Å²) in [6.45, 7) is 0. The van der Waals surface area contributed by atoms with Crippen LogP contribution in [0.1, 0.15) is 11.1 Å². The summed E-state index contributed by atoms with van der Waals surface area (Å²) in [5.41, 5.74) is 0.978. The predicted molar refractivity (Wildman–Crippen MR) is 80.7 cm³/mol. The van der Waals surface area contributed by atoms with E-state index in [1.54, 1.807) is 18.2 Å². The van der Waals surface area contributed by atoms with E-state index in [4.69, 9.17) is 11.6 Å². The zero-order valence-corrected chi connectivity index (χ0v) is 12.4. The van der Waals surface area contributed by atoms with Gasteiger partial charge in [0.15, 0.2) is 0 Å². The fourth-order valence-corrected chi connectivity index (χ4v) is 2.50. The molecule has 0 radical (unpaired) electrons. The molecule has 0 aliphatic heterocycles. The van der Waals surface area contributed by atoms with Crippen LogP contribution in [0.5, 0.6) is 5.75 Å². The molecule has 0 aliphatic rings. The molecule has 0 aromatic heterocycles. The van der Waals surface area contributed by atoms with E-state index < -0.39 is 5.82 Å². The minimum Gasteiger partial charge on any atom is -0.505 e. The van der Waals surface area contributed by atoms with Crippen molar-refractivity contribution in [3.8, 4) is 11.8 Å². The van der Waals surface area contributed by atoms with E-state index in [1.807, 2.05) is 6.07 Å². The number of phenols is 1. The summed E-state index contributed by atoms with van der Waals surface area (Å²) in [4.78, 5) is 0. The van der Waals surface area contributed by atoms with Crippen LogP contribution in [0.3, 0.4) is 0 Å². The third-order valence-corrected chi connectivity index (χ3v) is 3.53. The third-order valence-electron chi connectivity index (χ3n) is 2.63. The van der Waals surface area contributed by atoms with Gasteiger partial charge in [-0.05, 0) is 45.8 Å². The minimum atomic E-state index is -0.468. The van der Waals surface area contributed by atoms with Gasteiger partial charge < -0.3 is 5.11 Å². The Balaban J connectivity index is 2.53. The topological polar surface area (TPSA) is 44.0 Å². The highest BCUT2D eigenvalue weighted by molar-refractivity contribution is 9.10. The van der Waals surface area contributed by atoms with Crippen LogP contribution < -0.4 is 0 Å². The van der Waals surface area contributed by atoms with Crippen molar-refractivity contribution in [1.82, 2.24) is 0 Å². The maximum absolute atomic E-state index is 13.7. The molecule has 2 nitrogen and oxygen atoms in total. The highest BCUT2D eigenvalue weighted by Gasteiger charge is 2.09. The summed E-state index contributed by atoms with van der Waals surface area (Å²) < 4.78 is 14.1. The van der Waals surface area contributed by atoms with Crippen LogP contribution in [0.4, 0.5) is 4.39 Å². The third kappa shape index (κ3) is 3.01. The van der Waals surface area contributed by atoms with Gasteiger partial charge >= 0.3 is 0 Å². The fraction of sp³-hybridized carbons (Fsp3) is 0. The lowest BCUT2D eigenvalue weighted by Crippen LogP contribution is -1.87. The Morgan fingerprint density at radius 3 is 2.65 bits per heavy atom. The first kappa shape index (κ1) is 14.6. The lowest BCUT2D eigenvalue weighted by Gasteiger charge is -2.04. The van der Waals surface area contributed by atoms with Gasteiger partial charge in [0.25, 0.3) is 0 Å². The molecule has 0 heterocycles. The number of halogens is 3. The van der Waals surface area contributed by atoms with Crippen LogP contribution in [0.15, 0.2) is 40.9 Å². The number of nitrogens with zero attached hydrogens (tertiary/aromatic N) is 1. The first-order valence-corrected chi connectivity index (χ1v) is 6.74. The van der Waals surface area contributed by atoms with Crippen LogP contribution in [-0.2, 0) is 0 Å². The summed E-state index contributed by atoms with van der Waals surface area (Å²) >= 11 is 9.02. The van der Waals surface area contributed by atoms with E-state index in [-0.39, 0.29) is 21.9 Å². The van der Waals surface area contributed by atoms with E-state index in [0.29, 0.717) is 10.0 Å². The van der Waals surface area contributed by atoms with Gasteiger partial charge in [-0.3, -0.25) is 0 Å². The number of nitriles is 1. The second kappa shape index (κ2) is 6.08. The number of rotatable bonds is 2. The molecular weight excluding hydrogens is 345 g/mol.